The standard InChI is InChI=1S/C30H48O2/c1-18(2)19-11-13-27(5)15-16-28(6)20(25(19)27)9-10-22-29(28,7)14-12-21-26(3,4)23(31)17-24(32)30(21,22)8/h19-22,24-25,32H,1,9-17H2,2-8H3/t19-,20+,21-,22-,24+,25-,27+,28+,29+,30-/m0/s1. The molecule has 0 spiro atoms. The van der Waals surface area contributed by atoms with Crippen molar-refractivity contribution < 1.29 is 9.90 Å². The van der Waals surface area contributed by atoms with Crippen LogP contribution in [0.1, 0.15) is 106 Å². The number of Topliss-reactive ketones (excluding diaryl/α,β-unsaturated/α-hetero) is 1. The molecule has 2 heteroatoms. The summed E-state index contributed by atoms with van der Waals surface area (Å²) in [5.41, 5.74) is 1.99. The Labute approximate surface area is 197 Å². The second kappa shape index (κ2) is 6.73. The van der Waals surface area contributed by atoms with E-state index < -0.39 is 6.10 Å². The van der Waals surface area contributed by atoms with Crippen molar-refractivity contribution in [1.29, 1.82) is 0 Å². The fraction of sp³-hybridized carbons (Fsp3) is 0.900. The first kappa shape index (κ1) is 23.1. The van der Waals surface area contributed by atoms with Gasteiger partial charge in [-0.1, -0.05) is 53.7 Å². The van der Waals surface area contributed by atoms with E-state index in [1.807, 2.05) is 0 Å². The molecule has 5 saturated carbocycles. The van der Waals surface area contributed by atoms with Gasteiger partial charge in [0.2, 0.25) is 0 Å². The van der Waals surface area contributed by atoms with Gasteiger partial charge in [-0.15, -0.1) is 0 Å². The lowest BCUT2D eigenvalue weighted by Gasteiger charge is -2.72. The molecule has 5 aliphatic carbocycles. The van der Waals surface area contributed by atoms with Crippen LogP contribution in [0.4, 0.5) is 0 Å². The molecule has 0 amide bonds. The van der Waals surface area contributed by atoms with Crippen molar-refractivity contribution in [2.75, 3.05) is 0 Å². The number of carbonyl (C=O) groups excluding carboxylic acids is 1. The highest BCUT2D eigenvalue weighted by Crippen LogP contribution is 2.77. The molecule has 5 rings (SSSR count). The van der Waals surface area contributed by atoms with E-state index in [0.29, 0.717) is 35.0 Å². The minimum absolute atomic E-state index is 0.150. The quantitative estimate of drug-likeness (QED) is 0.438. The normalized spacial score (nSPS) is 56.6. The summed E-state index contributed by atoms with van der Waals surface area (Å²) in [6.07, 6.45) is 10.1. The van der Waals surface area contributed by atoms with Gasteiger partial charge in [-0.2, -0.15) is 0 Å². The van der Waals surface area contributed by atoms with Crippen LogP contribution in [0, 0.1) is 56.7 Å². The van der Waals surface area contributed by atoms with Crippen molar-refractivity contribution in [3.8, 4) is 0 Å². The van der Waals surface area contributed by atoms with E-state index in [4.69, 9.17) is 0 Å². The largest absolute Gasteiger partial charge is 0.392 e. The fourth-order valence-electron chi connectivity index (χ4n) is 11.2. The monoisotopic (exact) mass is 440 g/mol. The molecular weight excluding hydrogens is 392 g/mol. The number of allylic oxidation sites excluding steroid dienone is 1. The minimum atomic E-state index is -0.485. The van der Waals surface area contributed by atoms with Crippen LogP contribution in [0.5, 0.6) is 0 Å². The Kier molecular flexibility index (Phi) is 4.87. The van der Waals surface area contributed by atoms with Gasteiger partial charge in [-0.25, -0.2) is 0 Å². The van der Waals surface area contributed by atoms with E-state index in [0.717, 1.165) is 18.3 Å². The minimum Gasteiger partial charge on any atom is -0.392 e. The third kappa shape index (κ3) is 2.55. The highest BCUT2D eigenvalue weighted by Gasteiger charge is 2.71. The Morgan fingerprint density at radius 1 is 0.875 bits per heavy atom. The summed E-state index contributed by atoms with van der Waals surface area (Å²) in [6, 6.07) is 0. The van der Waals surface area contributed by atoms with Crippen molar-refractivity contribution in [2.24, 2.45) is 56.7 Å². The van der Waals surface area contributed by atoms with Crippen LogP contribution in [0.3, 0.4) is 0 Å². The molecule has 1 N–H and O–H groups in total. The molecule has 5 fully saturated rings. The summed E-state index contributed by atoms with van der Waals surface area (Å²) in [7, 11) is 0. The van der Waals surface area contributed by atoms with Gasteiger partial charge in [0.15, 0.2) is 0 Å². The van der Waals surface area contributed by atoms with Crippen LogP contribution in [-0.2, 0) is 4.79 Å². The van der Waals surface area contributed by atoms with Crippen LogP contribution < -0.4 is 0 Å². The average molecular weight is 441 g/mol. The number of hydrogen-bond acceptors (Lipinski definition) is 2. The Balaban J connectivity index is 1.57. The first-order chi connectivity index (χ1) is 14.7. The fourth-order valence-corrected chi connectivity index (χ4v) is 11.2. The van der Waals surface area contributed by atoms with Crippen molar-refractivity contribution in [3.05, 3.63) is 12.2 Å². The van der Waals surface area contributed by atoms with E-state index in [-0.39, 0.29) is 22.0 Å². The smallest absolute Gasteiger partial charge is 0.141 e. The molecule has 0 aromatic carbocycles. The van der Waals surface area contributed by atoms with Gasteiger partial charge in [-0.05, 0) is 104 Å². The summed E-state index contributed by atoms with van der Waals surface area (Å²) in [5, 5.41) is 11.5. The number of ketones is 1. The summed E-state index contributed by atoms with van der Waals surface area (Å²) < 4.78 is 0. The summed E-state index contributed by atoms with van der Waals surface area (Å²) in [6.45, 7) is 21.3. The number of rotatable bonds is 1. The number of hydrogen-bond donors (Lipinski definition) is 1. The van der Waals surface area contributed by atoms with Gasteiger partial charge in [0.05, 0.1) is 6.10 Å². The van der Waals surface area contributed by atoms with Gasteiger partial charge < -0.3 is 5.11 Å². The number of aliphatic hydroxyl groups is 1. The average Bonchev–Trinajstić information content (AvgIpc) is 3.05. The zero-order valence-electron chi connectivity index (χ0n) is 21.9. The van der Waals surface area contributed by atoms with Gasteiger partial charge >= 0.3 is 0 Å². The molecule has 180 valence electrons. The molecule has 2 nitrogen and oxygen atoms in total. The van der Waals surface area contributed by atoms with Crippen molar-refractivity contribution in [3.63, 3.8) is 0 Å². The zero-order chi connectivity index (χ0) is 23.5. The van der Waals surface area contributed by atoms with Crippen molar-refractivity contribution >= 4 is 5.78 Å². The molecule has 0 aliphatic heterocycles. The Bertz CT molecular complexity index is 842. The number of fused-ring (bicyclic) bond motifs is 7. The maximum absolute atomic E-state index is 12.9. The Morgan fingerprint density at radius 2 is 1.56 bits per heavy atom. The van der Waals surface area contributed by atoms with Crippen LogP contribution in [0.25, 0.3) is 0 Å². The lowest BCUT2D eigenvalue weighted by molar-refractivity contribution is -0.254. The lowest BCUT2D eigenvalue weighted by Crippen LogP contribution is -2.69. The highest BCUT2D eigenvalue weighted by molar-refractivity contribution is 5.86. The van der Waals surface area contributed by atoms with Crippen LogP contribution in [-0.4, -0.2) is 17.0 Å². The Hall–Kier alpha value is -0.630. The first-order valence-electron chi connectivity index (χ1n) is 13.6. The predicted molar refractivity (Wildman–Crippen MR) is 131 cm³/mol. The summed E-state index contributed by atoms with van der Waals surface area (Å²) in [5.74, 6) is 3.31. The maximum atomic E-state index is 12.9. The molecular formula is C30H48O2. The summed E-state index contributed by atoms with van der Waals surface area (Å²) >= 11 is 0. The molecule has 0 heterocycles. The van der Waals surface area contributed by atoms with Crippen LogP contribution in [0.15, 0.2) is 12.2 Å². The second-order valence-electron chi connectivity index (χ2n) is 14.6. The zero-order valence-corrected chi connectivity index (χ0v) is 21.9. The topological polar surface area (TPSA) is 37.3 Å². The predicted octanol–water partition coefficient (Wildman–Crippen LogP) is 7.20. The molecule has 0 saturated heterocycles. The molecule has 0 aromatic heterocycles. The van der Waals surface area contributed by atoms with Crippen molar-refractivity contribution in [2.45, 2.75) is 112 Å². The van der Waals surface area contributed by atoms with Gasteiger partial charge in [0, 0.05) is 17.3 Å². The summed E-state index contributed by atoms with van der Waals surface area (Å²) in [4.78, 5) is 12.9. The second-order valence-corrected chi connectivity index (χ2v) is 14.6. The van der Waals surface area contributed by atoms with Crippen LogP contribution in [0.2, 0.25) is 0 Å². The van der Waals surface area contributed by atoms with Crippen LogP contribution >= 0.6 is 0 Å². The molecule has 5 aliphatic rings. The Morgan fingerprint density at radius 3 is 2.22 bits per heavy atom. The van der Waals surface area contributed by atoms with Gasteiger partial charge in [-0.3, -0.25) is 4.79 Å². The third-order valence-electron chi connectivity index (χ3n) is 13.3. The van der Waals surface area contributed by atoms with Crippen molar-refractivity contribution in [1.82, 2.24) is 0 Å². The SMILES string of the molecule is C=C(C)[C@@H]1CC[C@]2(C)CC[C@]3(C)[C@H](CC[C@@H]4[C@@]5(C)[C@H](O)CC(=O)C(C)(C)[C@@H]5CC[C@]43C)[C@H]12. The van der Waals surface area contributed by atoms with Gasteiger partial charge in [0.1, 0.15) is 5.78 Å². The molecule has 0 unspecified atom stereocenters. The third-order valence-corrected chi connectivity index (χ3v) is 13.3. The molecule has 0 aromatic rings. The van der Waals surface area contributed by atoms with E-state index in [1.165, 1.54) is 50.5 Å². The van der Waals surface area contributed by atoms with E-state index in [9.17, 15) is 9.90 Å². The molecule has 0 bridgehead atoms. The van der Waals surface area contributed by atoms with E-state index >= 15 is 0 Å². The molecule has 0 radical (unpaired) electrons. The van der Waals surface area contributed by atoms with Gasteiger partial charge in [0.25, 0.3) is 0 Å². The first-order valence-corrected chi connectivity index (χ1v) is 13.6. The number of aliphatic hydroxyl groups excluding tert-OH is 1. The van der Waals surface area contributed by atoms with E-state index in [2.05, 4.69) is 55.0 Å². The highest BCUT2D eigenvalue weighted by atomic mass is 16.3. The number of carbonyl (C=O) groups is 1. The molecule has 32 heavy (non-hydrogen) atoms. The maximum Gasteiger partial charge on any atom is 0.141 e. The van der Waals surface area contributed by atoms with E-state index in [1.54, 1.807) is 0 Å². The lowest BCUT2D eigenvalue weighted by atomic mass is 9.32. The molecule has 10 atom stereocenters.